The van der Waals surface area contributed by atoms with Crippen molar-refractivity contribution in [3.8, 4) is 69.0 Å². The van der Waals surface area contributed by atoms with Crippen LogP contribution in [0.3, 0.4) is 0 Å². The molecule has 0 radical (unpaired) electrons. The van der Waals surface area contributed by atoms with E-state index in [2.05, 4.69) is 58.3 Å². The van der Waals surface area contributed by atoms with Gasteiger partial charge in [0.2, 0.25) is 0 Å². The number of hydrogen-bond donors (Lipinski definition) is 0. The Hall–Kier alpha value is -7.45. The first-order chi connectivity index (χ1) is 27.8. The van der Waals surface area contributed by atoms with Gasteiger partial charge in [0.25, 0.3) is 13.4 Å². The zero-order valence-electron chi connectivity index (χ0n) is 29.0. The van der Waals surface area contributed by atoms with E-state index in [1.54, 1.807) is 0 Å². The number of fused-ring (bicyclic) bond motifs is 9. The number of benzene rings is 8. The molecule has 0 saturated heterocycles. The van der Waals surface area contributed by atoms with Crippen LogP contribution in [-0.4, -0.2) is 13.4 Å². The van der Waals surface area contributed by atoms with Gasteiger partial charge in [0.15, 0.2) is 23.0 Å². The van der Waals surface area contributed by atoms with Crippen molar-refractivity contribution in [2.75, 3.05) is 9.80 Å². The van der Waals surface area contributed by atoms with Crippen molar-refractivity contribution >= 4 is 91.1 Å². The average Bonchev–Trinajstić information content (AvgIpc) is 3.23. The van der Waals surface area contributed by atoms with Gasteiger partial charge in [-0.2, -0.15) is 0 Å². The third-order valence-corrected chi connectivity index (χ3v) is 12.9. The van der Waals surface area contributed by atoms with Crippen molar-refractivity contribution in [1.82, 2.24) is 0 Å². The highest BCUT2D eigenvalue weighted by Crippen LogP contribution is 2.60. The highest BCUT2D eigenvalue weighted by molar-refractivity contribution is 7.02. The summed E-state index contributed by atoms with van der Waals surface area (Å²) in [6.07, 6.45) is 0. The average molecular weight is 718 g/mol. The fourth-order valence-corrected chi connectivity index (χ4v) is 10.9. The Bertz CT molecular complexity index is 3110. The Labute approximate surface area is 318 Å². The van der Waals surface area contributed by atoms with Crippen molar-refractivity contribution < 1.29 is 28.4 Å². The van der Waals surface area contributed by atoms with E-state index >= 15 is 0 Å². The maximum atomic E-state index is 7.07. The number of anilines is 6. The highest BCUT2D eigenvalue weighted by Gasteiger charge is 2.54. The van der Waals surface area contributed by atoms with Crippen LogP contribution in [0.1, 0.15) is 0 Å². The molecule has 8 aliphatic rings. The van der Waals surface area contributed by atoms with Crippen molar-refractivity contribution in [1.29, 1.82) is 0 Å². The quantitative estimate of drug-likeness (QED) is 0.146. The van der Waals surface area contributed by atoms with Gasteiger partial charge < -0.3 is 38.2 Å². The molecule has 16 rings (SSSR count). The molecule has 0 atom stereocenters. The van der Waals surface area contributed by atoms with Crippen molar-refractivity contribution in [2.24, 2.45) is 0 Å². The predicted molar refractivity (Wildman–Crippen MR) is 216 cm³/mol. The molecule has 0 fully saturated rings. The monoisotopic (exact) mass is 718 g/mol. The van der Waals surface area contributed by atoms with Gasteiger partial charge in [-0.25, -0.2) is 0 Å². The first-order valence-electron chi connectivity index (χ1n) is 18.9. The van der Waals surface area contributed by atoms with E-state index in [0.717, 1.165) is 147 Å². The van der Waals surface area contributed by atoms with E-state index < -0.39 is 0 Å². The molecule has 0 N–H and O–H groups in total. The Morgan fingerprint density at radius 3 is 1.09 bits per heavy atom. The zero-order chi connectivity index (χ0) is 35.7. The maximum absolute atomic E-state index is 7.07. The molecule has 10 heteroatoms. The van der Waals surface area contributed by atoms with Gasteiger partial charge in [-0.05, 0) is 95.9 Å². The lowest BCUT2D eigenvalue weighted by atomic mass is 9.32. The van der Waals surface area contributed by atoms with E-state index in [1.165, 1.54) is 0 Å². The second-order valence-corrected chi connectivity index (χ2v) is 15.4. The molecule has 0 bridgehead atoms. The van der Waals surface area contributed by atoms with Gasteiger partial charge in [0, 0.05) is 32.6 Å². The minimum absolute atomic E-state index is 0.140. The van der Waals surface area contributed by atoms with Crippen LogP contribution in [0.4, 0.5) is 34.1 Å². The number of para-hydroxylation sites is 4. The lowest BCUT2D eigenvalue weighted by Crippen LogP contribution is -2.62. The molecule has 0 spiro atoms. The fraction of sp³-hybridized carbons (Fsp3) is 0. The van der Waals surface area contributed by atoms with Crippen molar-refractivity contribution in [3.05, 3.63) is 121 Å². The molecule has 56 heavy (non-hydrogen) atoms. The molecule has 0 saturated carbocycles. The van der Waals surface area contributed by atoms with Gasteiger partial charge in [0.05, 0.1) is 34.1 Å². The Kier molecular flexibility index (Phi) is 4.24. The van der Waals surface area contributed by atoms with Gasteiger partial charge in [-0.3, -0.25) is 0 Å². The first-order valence-corrected chi connectivity index (χ1v) is 18.9. The Morgan fingerprint density at radius 2 is 0.625 bits per heavy atom. The summed E-state index contributed by atoms with van der Waals surface area (Å²) in [7, 11) is 0. The standard InChI is InChI=1S/C46H20B2N2O6/c1-3-9-25-23(7-1)49-43-21-19-36-42-44(22(21)20-35-41(43)47-37-27(11-5-13-29(37)55-35)53-31-15-17-33(51-25)45(49)39(31)47)50-24-8-2-4-10-26(24)52-34-18-16-32-40(46(34)50)48(42)38-28(54-32)12-6-14-30(38)56-36/h1-20H. The van der Waals surface area contributed by atoms with E-state index in [-0.39, 0.29) is 13.4 Å². The van der Waals surface area contributed by atoms with Gasteiger partial charge in [-0.15, -0.1) is 0 Å². The number of rotatable bonds is 0. The molecule has 0 aromatic heterocycles. The molecule has 8 aliphatic heterocycles. The van der Waals surface area contributed by atoms with E-state index in [1.807, 2.05) is 72.8 Å². The summed E-state index contributed by atoms with van der Waals surface area (Å²) in [5, 5.41) is 2.09. The number of hydrogen-bond acceptors (Lipinski definition) is 8. The number of nitrogens with zero attached hydrogens (tertiary/aromatic N) is 2. The van der Waals surface area contributed by atoms with Crippen LogP contribution >= 0.6 is 0 Å². The molecule has 8 heterocycles. The maximum Gasteiger partial charge on any atom is 0.266 e. The third kappa shape index (κ3) is 2.84. The molecule has 8 aromatic rings. The molecule has 256 valence electrons. The summed E-state index contributed by atoms with van der Waals surface area (Å²) in [6, 6.07) is 41.5. The normalized spacial score (nSPS) is 15.5. The van der Waals surface area contributed by atoms with Crippen molar-refractivity contribution in [3.63, 3.8) is 0 Å². The minimum Gasteiger partial charge on any atom is -0.458 e. The third-order valence-electron chi connectivity index (χ3n) is 12.9. The molecule has 8 nitrogen and oxygen atoms in total. The molecule has 8 aromatic carbocycles. The molecule has 0 amide bonds. The second kappa shape index (κ2) is 8.74. The Morgan fingerprint density at radius 1 is 0.286 bits per heavy atom. The molecular formula is C46H20B2N2O6. The summed E-state index contributed by atoms with van der Waals surface area (Å²) in [6.45, 7) is -0.279. The molecule has 0 unspecified atom stereocenters. The summed E-state index contributed by atoms with van der Waals surface area (Å²) >= 11 is 0. The zero-order valence-corrected chi connectivity index (χ0v) is 29.0. The van der Waals surface area contributed by atoms with Gasteiger partial charge >= 0.3 is 0 Å². The second-order valence-electron chi connectivity index (χ2n) is 15.4. The van der Waals surface area contributed by atoms with Crippen LogP contribution in [-0.2, 0) is 0 Å². The van der Waals surface area contributed by atoms with E-state index in [4.69, 9.17) is 28.4 Å². The lowest BCUT2D eigenvalue weighted by molar-refractivity contribution is 0.456. The predicted octanol–water partition coefficient (Wildman–Crippen LogP) is 8.07. The van der Waals surface area contributed by atoms with Crippen molar-refractivity contribution in [2.45, 2.75) is 0 Å². The van der Waals surface area contributed by atoms with Crippen LogP contribution in [0, 0.1) is 0 Å². The van der Waals surface area contributed by atoms with E-state index in [0.29, 0.717) is 0 Å². The molecular weight excluding hydrogens is 698 g/mol. The van der Waals surface area contributed by atoms with Gasteiger partial charge in [-0.1, -0.05) is 36.4 Å². The van der Waals surface area contributed by atoms with Crippen LogP contribution in [0.15, 0.2) is 121 Å². The number of ether oxygens (including phenoxy) is 6. The largest absolute Gasteiger partial charge is 0.458 e. The molecule has 0 aliphatic carbocycles. The van der Waals surface area contributed by atoms with Crippen LogP contribution in [0.2, 0.25) is 0 Å². The first kappa shape index (κ1) is 27.2. The minimum atomic E-state index is -0.140. The van der Waals surface area contributed by atoms with Crippen LogP contribution in [0.25, 0.3) is 10.8 Å². The SMILES string of the molecule is c1ccc2c(c1)Oc1ccc3c4c1N2c1c2c(cc5c6c7c(cc15)Oc1cccc5c1B7c1c(ccc7c1N6c1ccccc1O7)O5)Oc1cccc(c1B42)O3. The topological polar surface area (TPSA) is 61.9 Å². The smallest absolute Gasteiger partial charge is 0.266 e. The fourth-order valence-electron chi connectivity index (χ4n) is 10.9. The summed E-state index contributed by atoms with van der Waals surface area (Å²) in [5.74, 6) is 9.64. The summed E-state index contributed by atoms with van der Waals surface area (Å²) in [4.78, 5) is 4.76. The van der Waals surface area contributed by atoms with E-state index in [9.17, 15) is 0 Å². The highest BCUT2D eigenvalue weighted by atomic mass is 16.5. The lowest BCUT2D eigenvalue weighted by Gasteiger charge is -2.47. The summed E-state index contributed by atoms with van der Waals surface area (Å²) < 4.78 is 40.9. The van der Waals surface area contributed by atoms with Gasteiger partial charge in [0.1, 0.15) is 46.0 Å². The summed E-state index contributed by atoms with van der Waals surface area (Å²) in [5.41, 5.74) is 12.4. The Balaban J connectivity index is 1.11. The van der Waals surface area contributed by atoms with Crippen LogP contribution in [0.5, 0.6) is 69.0 Å². The van der Waals surface area contributed by atoms with Crippen LogP contribution < -0.4 is 71.0 Å².